The maximum atomic E-state index is 11.3. The molecular weight excluding hydrogens is 310 g/mol. The van der Waals surface area contributed by atoms with E-state index in [0.29, 0.717) is 29.4 Å². The van der Waals surface area contributed by atoms with Gasteiger partial charge >= 0.3 is 0 Å². The molecular formula is C22H21NO2. The summed E-state index contributed by atoms with van der Waals surface area (Å²) < 4.78 is 0. The van der Waals surface area contributed by atoms with Crippen LogP contribution in [-0.4, -0.2) is 4.92 Å². The van der Waals surface area contributed by atoms with Crippen LogP contribution in [0, 0.1) is 42.7 Å². The standard InChI is InChI=1S/C22H21NO2/c1-9-4-5-10(2)17-16(9)20-13-8-14(21(17)20)22-18-11(3)15(23(24)25)7-6-12(18)19(13)22/h4-7,13-14,19-22H,8H2,1-3H3. The number of rotatable bonds is 1. The molecule has 0 aliphatic heterocycles. The SMILES string of the molecule is Cc1ccc(C)c2c1C1C3CC(C4c5c(ccc([N+](=O)[O-])c5C)C34)C21. The largest absolute Gasteiger partial charge is 0.272 e. The lowest BCUT2D eigenvalue weighted by atomic mass is 9.48. The molecule has 3 nitrogen and oxygen atoms in total. The smallest absolute Gasteiger partial charge is 0.258 e. The van der Waals surface area contributed by atoms with Crippen LogP contribution in [0.3, 0.4) is 0 Å². The average molecular weight is 331 g/mol. The van der Waals surface area contributed by atoms with Crippen molar-refractivity contribution in [2.24, 2.45) is 11.8 Å². The summed E-state index contributed by atoms with van der Waals surface area (Å²) in [5, 5.41) is 11.3. The van der Waals surface area contributed by atoms with Gasteiger partial charge in [-0.3, -0.25) is 10.1 Å². The highest BCUT2D eigenvalue weighted by atomic mass is 16.6. The van der Waals surface area contributed by atoms with E-state index in [2.05, 4.69) is 32.0 Å². The predicted octanol–water partition coefficient (Wildman–Crippen LogP) is 5.23. The summed E-state index contributed by atoms with van der Waals surface area (Å²) in [5.74, 6) is 4.10. The number of nitro benzene ring substituents is 1. The first-order valence-corrected chi connectivity index (χ1v) is 9.38. The Hall–Kier alpha value is -2.16. The Morgan fingerprint density at radius 2 is 1.40 bits per heavy atom. The Bertz CT molecular complexity index is 992. The quantitative estimate of drug-likeness (QED) is 0.408. The van der Waals surface area contributed by atoms with E-state index in [9.17, 15) is 10.1 Å². The molecule has 126 valence electrons. The molecule has 6 rings (SSSR count). The Kier molecular flexibility index (Phi) is 2.33. The third-order valence-electron chi connectivity index (χ3n) is 7.96. The zero-order valence-corrected chi connectivity index (χ0v) is 14.7. The molecule has 6 atom stereocenters. The lowest BCUT2D eigenvalue weighted by Gasteiger charge is -2.55. The van der Waals surface area contributed by atoms with Crippen molar-refractivity contribution in [1.82, 2.24) is 0 Å². The number of nitrogens with zero attached hydrogens (tertiary/aromatic N) is 1. The van der Waals surface area contributed by atoms with E-state index in [1.54, 1.807) is 17.2 Å². The second-order valence-electron chi connectivity index (χ2n) is 8.66. The molecule has 0 N–H and O–H groups in total. The molecule has 0 spiro atoms. The fourth-order valence-electron chi connectivity index (χ4n) is 7.23. The molecule has 2 bridgehead atoms. The molecule has 0 saturated heterocycles. The summed E-state index contributed by atoms with van der Waals surface area (Å²) in [7, 11) is 0. The van der Waals surface area contributed by atoms with Gasteiger partial charge in [-0.1, -0.05) is 18.2 Å². The van der Waals surface area contributed by atoms with E-state index in [1.165, 1.54) is 28.7 Å². The highest BCUT2D eigenvalue weighted by Gasteiger charge is 2.68. The molecule has 4 aliphatic carbocycles. The first-order valence-electron chi connectivity index (χ1n) is 9.38. The van der Waals surface area contributed by atoms with E-state index in [4.69, 9.17) is 0 Å². The summed E-state index contributed by atoms with van der Waals surface area (Å²) >= 11 is 0. The average Bonchev–Trinajstić information content (AvgIpc) is 2.96. The van der Waals surface area contributed by atoms with Gasteiger partial charge in [0.25, 0.3) is 5.69 Å². The minimum atomic E-state index is -0.217. The predicted molar refractivity (Wildman–Crippen MR) is 96.3 cm³/mol. The van der Waals surface area contributed by atoms with E-state index in [-0.39, 0.29) is 4.92 Å². The molecule has 2 aromatic carbocycles. The molecule has 4 aliphatic rings. The fourth-order valence-corrected chi connectivity index (χ4v) is 7.23. The molecule has 2 fully saturated rings. The van der Waals surface area contributed by atoms with Crippen molar-refractivity contribution in [3.8, 4) is 0 Å². The first kappa shape index (κ1) is 14.1. The van der Waals surface area contributed by atoms with Gasteiger partial charge in [0.05, 0.1) is 4.92 Å². The number of aryl methyl sites for hydroxylation is 2. The lowest BCUT2D eigenvalue weighted by molar-refractivity contribution is -0.385. The summed E-state index contributed by atoms with van der Waals surface area (Å²) in [6, 6.07) is 8.35. The molecule has 3 heteroatoms. The van der Waals surface area contributed by atoms with Crippen molar-refractivity contribution in [2.75, 3.05) is 0 Å². The van der Waals surface area contributed by atoms with Gasteiger partial charge in [0.1, 0.15) is 0 Å². The van der Waals surface area contributed by atoms with Crippen LogP contribution in [-0.2, 0) is 0 Å². The van der Waals surface area contributed by atoms with Crippen LogP contribution in [0.15, 0.2) is 24.3 Å². The Labute approximate surface area is 147 Å². The maximum absolute atomic E-state index is 11.3. The normalized spacial score (nSPS) is 35.2. The number of nitro groups is 1. The van der Waals surface area contributed by atoms with Crippen molar-refractivity contribution >= 4 is 5.69 Å². The van der Waals surface area contributed by atoms with Crippen LogP contribution in [0.5, 0.6) is 0 Å². The summed E-state index contributed by atoms with van der Waals surface area (Å²) in [5.41, 5.74) is 10.1. The van der Waals surface area contributed by atoms with Gasteiger partial charge in [-0.2, -0.15) is 0 Å². The third-order valence-corrected chi connectivity index (χ3v) is 7.96. The van der Waals surface area contributed by atoms with Gasteiger partial charge in [0.2, 0.25) is 0 Å². The van der Waals surface area contributed by atoms with Crippen LogP contribution in [0.4, 0.5) is 5.69 Å². The van der Waals surface area contributed by atoms with Gasteiger partial charge in [-0.25, -0.2) is 0 Å². The van der Waals surface area contributed by atoms with Crippen LogP contribution < -0.4 is 0 Å². The van der Waals surface area contributed by atoms with Crippen LogP contribution in [0.1, 0.15) is 69.0 Å². The maximum Gasteiger partial charge on any atom is 0.272 e. The number of fused-ring (bicyclic) bond motifs is 14. The molecule has 2 aromatic rings. The molecule has 0 heterocycles. The van der Waals surface area contributed by atoms with Crippen LogP contribution in [0.25, 0.3) is 0 Å². The van der Waals surface area contributed by atoms with Crippen molar-refractivity contribution < 1.29 is 4.92 Å². The zero-order valence-electron chi connectivity index (χ0n) is 14.7. The van der Waals surface area contributed by atoms with E-state index in [0.717, 1.165) is 17.4 Å². The van der Waals surface area contributed by atoms with Gasteiger partial charge in [-0.05, 0) is 96.1 Å². The molecule has 0 radical (unpaired) electrons. The van der Waals surface area contributed by atoms with Crippen molar-refractivity contribution in [2.45, 2.75) is 50.9 Å². The fraction of sp³-hybridized carbons (Fsp3) is 0.455. The molecule has 2 saturated carbocycles. The Morgan fingerprint density at radius 3 is 2.00 bits per heavy atom. The van der Waals surface area contributed by atoms with Crippen LogP contribution >= 0.6 is 0 Å². The molecule has 25 heavy (non-hydrogen) atoms. The van der Waals surface area contributed by atoms with Crippen molar-refractivity contribution in [1.29, 1.82) is 0 Å². The van der Waals surface area contributed by atoms with Gasteiger partial charge in [0.15, 0.2) is 0 Å². The number of hydrogen-bond donors (Lipinski definition) is 0. The van der Waals surface area contributed by atoms with E-state index < -0.39 is 0 Å². The minimum Gasteiger partial charge on any atom is -0.258 e. The zero-order chi connectivity index (χ0) is 17.2. The van der Waals surface area contributed by atoms with Gasteiger partial charge in [0, 0.05) is 11.6 Å². The topological polar surface area (TPSA) is 43.1 Å². The second kappa shape index (κ2) is 4.14. The Balaban J connectivity index is 1.50. The molecule has 0 amide bonds. The lowest BCUT2D eigenvalue weighted by Crippen LogP contribution is -2.42. The highest BCUT2D eigenvalue weighted by molar-refractivity contribution is 5.65. The first-order chi connectivity index (χ1) is 12.0. The summed E-state index contributed by atoms with van der Waals surface area (Å²) in [6.45, 7) is 6.48. The Morgan fingerprint density at radius 1 is 0.840 bits per heavy atom. The summed E-state index contributed by atoms with van der Waals surface area (Å²) in [6.07, 6.45) is 1.31. The number of hydrogen-bond acceptors (Lipinski definition) is 2. The van der Waals surface area contributed by atoms with Crippen LogP contribution in [0.2, 0.25) is 0 Å². The van der Waals surface area contributed by atoms with Crippen molar-refractivity contribution in [3.05, 3.63) is 73.3 Å². The van der Waals surface area contributed by atoms with Gasteiger partial charge in [-0.15, -0.1) is 0 Å². The number of benzene rings is 2. The highest BCUT2D eigenvalue weighted by Crippen LogP contribution is 2.79. The second-order valence-corrected chi connectivity index (χ2v) is 8.66. The monoisotopic (exact) mass is 331 g/mol. The summed E-state index contributed by atoms with van der Waals surface area (Å²) in [4.78, 5) is 11.1. The van der Waals surface area contributed by atoms with E-state index in [1.807, 2.05) is 6.92 Å². The van der Waals surface area contributed by atoms with E-state index >= 15 is 0 Å². The minimum absolute atomic E-state index is 0.217. The van der Waals surface area contributed by atoms with Crippen molar-refractivity contribution in [3.63, 3.8) is 0 Å². The molecule has 6 unspecified atom stereocenters. The molecule has 0 aromatic heterocycles. The third kappa shape index (κ3) is 1.35. The van der Waals surface area contributed by atoms with Gasteiger partial charge < -0.3 is 0 Å².